The molecule has 23 heavy (non-hydrogen) atoms. The Morgan fingerprint density at radius 3 is 2.74 bits per heavy atom. The number of likely N-dealkylation sites (tertiary alicyclic amines) is 1. The maximum absolute atomic E-state index is 11.7. The number of fused-ring (bicyclic) bond motifs is 2. The highest BCUT2D eigenvalue weighted by Gasteiger charge is 2.38. The number of piperidine rings is 1. The van der Waals surface area contributed by atoms with E-state index in [1.165, 1.54) is 24.0 Å². The molecule has 1 aromatic carbocycles. The Labute approximate surface area is 139 Å². The Kier molecular flexibility index (Phi) is 5.02. The maximum atomic E-state index is 11.7. The van der Waals surface area contributed by atoms with E-state index < -0.39 is 0 Å². The van der Waals surface area contributed by atoms with E-state index in [2.05, 4.69) is 34.5 Å². The van der Waals surface area contributed by atoms with Gasteiger partial charge >= 0.3 is 0 Å². The van der Waals surface area contributed by atoms with Gasteiger partial charge in [0, 0.05) is 45.7 Å². The minimum absolute atomic E-state index is 0.185. The molecule has 3 rings (SSSR count). The SMILES string of the molecule is CN(C)C(=O)CCCN1CCC2(CC1)NCCc1ccccc12. The second-order valence-corrected chi connectivity index (χ2v) is 7.15. The first-order chi connectivity index (χ1) is 11.1. The maximum Gasteiger partial charge on any atom is 0.222 e. The van der Waals surface area contributed by atoms with Gasteiger partial charge in [0.1, 0.15) is 0 Å². The van der Waals surface area contributed by atoms with Crippen molar-refractivity contribution in [2.24, 2.45) is 0 Å². The highest BCUT2D eigenvalue weighted by molar-refractivity contribution is 5.75. The van der Waals surface area contributed by atoms with Gasteiger partial charge < -0.3 is 15.1 Å². The molecule has 4 heteroatoms. The number of rotatable bonds is 4. The molecule has 0 atom stereocenters. The predicted octanol–water partition coefficient (Wildman–Crippen LogP) is 1.99. The number of nitrogens with one attached hydrogen (secondary N) is 1. The molecule has 1 saturated heterocycles. The number of carbonyl (C=O) groups is 1. The summed E-state index contributed by atoms with van der Waals surface area (Å²) in [6.07, 6.45) is 5.12. The van der Waals surface area contributed by atoms with Gasteiger partial charge in [0.15, 0.2) is 0 Å². The van der Waals surface area contributed by atoms with Crippen LogP contribution in [0.25, 0.3) is 0 Å². The lowest BCUT2D eigenvalue weighted by Crippen LogP contribution is -2.54. The van der Waals surface area contributed by atoms with Crippen molar-refractivity contribution in [3.8, 4) is 0 Å². The highest BCUT2D eigenvalue weighted by atomic mass is 16.2. The number of carbonyl (C=O) groups excluding carboxylic acids is 1. The average Bonchev–Trinajstić information content (AvgIpc) is 2.57. The Hall–Kier alpha value is -1.39. The van der Waals surface area contributed by atoms with Gasteiger partial charge in [0.25, 0.3) is 0 Å². The van der Waals surface area contributed by atoms with E-state index in [-0.39, 0.29) is 11.4 Å². The van der Waals surface area contributed by atoms with Crippen molar-refractivity contribution < 1.29 is 4.79 Å². The molecule has 1 fully saturated rings. The van der Waals surface area contributed by atoms with Crippen molar-refractivity contribution in [3.63, 3.8) is 0 Å². The summed E-state index contributed by atoms with van der Waals surface area (Å²) in [5.74, 6) is 0.237. The molecule has 126 valence electrons. The zero-order valence-electron chi connectivity index (χ0n) is 14.5. The summed E-state index contributed by atoms with van der Waals surface area (Å²) in [5.41, 5.74) is 3.23. The quantitative estimate of drug-likeness (QED) is 0.923. The Morgan fingerprint density at radius 1 is 1.26 bits per heavy atom. The molecule has 1 aromatic rings. The van der Waals surface area contributed by atoms with E-state index in [0.717, 1.165) is 39.0 Å². The predicted molar refractivity (Wildman–Crippen MR) is 93.4 cm³/mol. The van der Waals surface area contributed by atoms with Crippen LogP contribution in [-0.4, -0.2) is 56.0 Å². The number of amides is 1. The fraction of sp³-hybridized carbons (Fsp3) is 0.632. The first-order valence-corrected chi connectivity index (χ1v) is 8.87. The summed E-state index contributed by atoms with van der Waals surface area (Å²) < 4.78 is 0. The summed E-state index contributed by atoms with van der Waals surface area (Å²) in [6.45, 7) is 4.38. The van der Waals surface area contributed by atoms with Gasteiger partial charge in [0.05, 0.1) is 0 Å². The minimum atomic E-state index is 0.185. The largest absolute Gasteiger partial charge is 0.349 e. The van der Waals surface area contributed by atoms with E-state index >= 15 is 0 Å². The van der Waals surface area contributed by atoms with Gasteiger partial charge in [-0.2, -0.15) is 0 Å². The van der Waals surface area contributed by atoms with Crippen LogP contribution < -0.4 is 5.32 Å². The zero-order chi connectivity index (χ0) is 16.3. The first kappa shape index (κ1) is 16.5. The summed E-state index contributed by atoms with van der Waals surface area (Å²) in [6, 6.07) is 8.94. The molecular weight excluding hydrogens is 286 g/mol. The van der Waals surface area contributed by atoms with Crippen LogP contribution in [0, 0.1) is 0 Å². The first-order valence-electron chi connectivity index (χ1n) is 8.87. The van der Waals surface area contributed by atoms with Gasteiger partial charge in [-0.25, -0.2) is 0 Å². The third kappa shape index (κ3) is 3.59. The van der Waals surface area contributed by atoms with Crippen molar-refractivity contribution in [2.45, 2.75) is 37.6 Å². The number of hydrogen-bond donors (Lipinski definition) is 1. The molecule has 1 spiro atoms. The third-order valence-corrected chi connectivity index (χ3v) is 5.46. The fourth-order valence-corrected chi connectivity index (χ4v) is 4.02. The standard InChI is InChI=1S/C19H29N3O/c1-21(2)18(23)8-5-13-22-14-10-19(11-15-22)17-7-4-3-6-16(17)9-12-20-19/h3-4,6-7,20H,5,8-15H2,1-2H3. The highest BCUT2D eigenvalue weighted by Crippen LogP contribution is 2.37. The van der Waals surface area contributed by atoms with Crippen LogP contribution in [0.4, 0.5) is 0 Å². The lowest BCUT2D eigenvalue weighted by molar-refractivity contribution is -0.128. The van der Waals surface area contributed by atoms with Crippen LogP contribution in [-0.2, 0) is 16.8 Å². The monoisotopic (exact) mass is 315 g/mol. The van der Waals surface area contributed by atoms with Crippen LogP contribution in [0.1, 0.15) is 36.8 Å². The molecular formula is C19H29N3O. The second-order valence-electron chi connectivity index (χ2n) is 7.15. The van der Waals surface area contributed by atoms with E-state index in [1.54, 1.807) is 4.90 Å². The molecule has 0 aliphatic carbocycles. The second kappa shape index (κ2) is 7.02. The van der Waals surface area contributed by atoms with E-state index in [0.29, 0.717) is 6.42 Å². The van der Waals surface area contributed by atoms with E-state index in [1.807, 2.05) is 14.1 Å². The molecule has 0 radical (unpaired) electrons. The van der Waals surface area contributed by atoms with Crippen LogP contribution in [0.5, 0.6) is 0 Å². The van der Waals surface area contributed by atoms with Crippen molar-refractivity contribution in [1.82, 2.24) is 15.1 Å². The summed E-state index contributed by atoms with van der Waals surface area (Å²) in [5, 5.41) is 3.81. The summed E-state index contributed by atoms with van der Waals surface area (Å²) in [7, 11) is 3.67. The van der Waals surface area contributed by atoms with Crippen molar-refractivity contribution in [2.75, 3.05) is 40.3 Å². The third-order valence-electron chi connectivity index (χ3n) is 5.46. The lowest BCUT2D eigenvalue weighted by atomic mass is 9.76. The number of benzene rings is 1. The molecule has 2 heterocycles. The molecule has 0 unspecified atom stereocenters. The van der Waals surface area contributed by atoms with Crippen LogP contribution in [0.3, 0.4) is 0 Å². The molecule has 1 amide bonds. The fourth-order valence-electron chi connectivity index (χ4n) is 4.02. The lowest BCUT2D eigenvalue weighted by Gasteiger charge is -2.46. The van der Waals surface area contributed by atoms with Crippen molar-refractivity contribution in [3.05, 3.63) is 35.4 Å². The Balaban J connectivity index is 1.54. The van der Waals surface area contributed by atoms with Crippen molar-refractivity contribution >= 4 is 5.91 Å². The van der Waals surface area contributed by atoms with Gasteiger partial charge in [-0.1, -0.05) is 24.3 Å². The van der Waals surface area contributed by atoms with Crippen LogP contribution in [0.2, 0.25) is 0 Å². The van der Waals surface area contributed by atoms with Gasteiger partial charge in [-0.15, -0.1) is 0 Å². The normalized spacial score (nSPS) is 20.3. The van der Waals surface area contributed by atoms with Gasteiger partial charge in [-0.05, 0) is 43.4 Å². The van der Waals surface area contributed by atoms with E-state index in [9.17, 15) is 4.79 Å². The van der Waals surface area contributed by atoms with Crippen LogP contribution in [0.15, 0.2) is 24.3 Å². The Bertz CT molecular complexity index is 547. The number of hydrogen-bond acceptors (Lipinski definition) is 3. The van der Waals surface area contributed by atoms with Gasteiger partial charge in [0.2, 0.25) is 5.91 Å². The molecule has 4 nitrogen and oxygen atoms in total. The topological polar surface area (TPSA) is 35.6 Å². The van der Waals surface area contributed by atoms with Crippen LogP contribution >= 0.6 is 0 Å². The molecule has 2 aliphatic rings. The average molecular weight is 315 g/mol. The number of nitrogens with zero attached hydrogens (tertiary/aromatic N) is 2. The van der Waals surface area contributed by atoms with Gasteiger partial charge in [-0.3, -0.25) is 4.79 Å². The summed E-state index contributed by atoms with van der Waals surface area (Å²) in [4.78, 5) is 15.9. The molecule has 0 bridgehead atoms. The minimum Gasteiger partial charge on any atom is -0.349 e. The molecule has 1 N–H and O–H groups in total. The summed E-state index contributed by atoms with van der Waals surface area (Å²) >= 11 is 0. The Morgan fingerprint density at radius 2 is 2.00 bits per heavy atom. The van der Waals surface area contributed by atoms with E-state index in [4.69, 9.17) is 0 Å². The molecule has 0 aromatic heterocycles. The van der Waals surface area contributed by atoms with Crippen molar-refractivity contribution in [1.29, 1.82) is 0 Å². The molecule has 2 aliphatic heterocycles. The zero-order valence-corrected chi connectivity index (χ0v) is 14.5. The molecule has 0 saturated carbocycles. The smallest absolute Gasteiger partial charge is 0.222 e.